The highest BCUT2D eigenvalue weighted by Crippen LogP contribution is 2.30. The lowest BCUT2D eigenvalue weighted by Gasteiger charge is -2.21. The van der Waals surface area contributed by atoms with Crippen molar-refractivity contribution in [3.8, 4) is 0 Å². The number of rotatable bonds is 6. The number of benzene rings is 2. The molecule has 1 N–H and O–H groups in total. The Morgan fingerprint density at radius 1 is 1.04 bits per heavy atom. The minimum Gasteiger partial charge on any atom is -0.325 e. The van der Waals surface area contributed by atoms with Gasteiger partial charge in [-0.25, -0.2) is 4.39 Å². The normalized spacial score (nSPS) is 14.5. The number of alkyl halides is 3. The van der Waals surface area contributed by atoms with Crippen LogP contribution in [-0.2, 0) is 17.5 Å². The molecule has 1 saturated carbocycles. The Kier molecular flexibility index (Phi) is 5.27. The number of halogens is 4. The predicted octanol–water partition coefficient (Wildman–Crippen LogP) is 4.45. The summed E-state index contributed by atoms with van der Waals surface area (Å²) in [6.07, 6.45) is -2.41. The third-order valence-electron chi connectivity index (χ3n) is 4.20. The number of carbonyl (C=O) groups excluding carboxylic acids is 1. The Morgan fingerprint density at radius 2 is 1.65 bits per heavy atom. The molecule has 3 rings (SSSR count). The van der Waals surface area contributed by atoms with Crippen LogP contribution in [-0.4, -0.2) is 23.4 Å². The highest BCUT2D eigenvalue weighted by atomic mass is 19.4. The van der Waals surface area contributed by atoms with Crippen molar-refractivity contribution in [3.05, 3.63) is 65.5 Å². The van der Waals surface area contributed by atoms with Crippen molar-refractivity contribution < 1.29 is 22.4 Å². The maximum absolute atomic E-state index is 13.0. The summed E-state index contributed by atoms with van der Waals surface area (Å²) in [6.45, 7) is 0.647. The fourth-order valence-corrected chi connectivity index (χ4v) is 2.71. The van der Waals surface area contributed by atoms with Gasteiger partial charge in [0, 0.05) is 18.3 Å². The molecule has 0 saturated heterocycles. The number of nitrogens with zero attached hydrogens (tertiary/aromatic N) is 1. The molecule has 138 valence electrons. The SMILES string of the molecule is O=C(CN(Cc1ccc(F)cc1)C1CC1)Nc1ccc(C(F)(F)F)cc1. The van der Waals surface area contributed by atoms with Gasteiger partial charge in [0.15, 0.2) is 0 Å². The van der Waals surface area contributed by atoms with Gasteiger partial charge in [-0.1, -0.05) is 12.1 Å². The lowest BCUT2D eigenvalue weighted by Crippen LogP contribution is -2.34. The second-order valence-electron chi connectivity index (χ2n) is 6.39. The molecule has 0 radical (unpaired) electrons. The monoisotopic (exact) mass is 366 g/mol. The average molecular weight is 366 g/mol. The fraction of sp³-hybridized carbons (Fsp3) is 0.316. The number of hydrogen-bond acceptors (Lipinski definition) is 2. The Morgan fingerprint density at radius 3 is 2.19 bits per heavy atom. The third kappa shape index (κ3) is 5.05. The summed E-state index contributed by atoms with van der Waals surface area (Å²) in [6, 6.07) is 10.8. The zero-order valence-corrected chi connectivity index (χ0v) is 13.9. The Bertz CT molecular complexity index is 753. The molecule has 1 amide bonds. The van der Waals surface area contributed by atoms with E-state index in [9.17, 15) is 22.4 Å². The van der Waals surface area contributed by atoms with E-state index in [1.54, 1.807) is 12.1 Å². The molecule has 3 nitrogen and oxygen atoms in total. The molecule has 1 aliphatic carbocycles. The maximum Gasteiger partial charge on any atom is 0.416 e. The van der Waals surface area contributed by atoms with Crippen molar-refractivity contribution in [2.75, 3.05) is 11.9 Å². The van der Waals surface area contributed by atoms with Crippen LogP contribution in [0.15, 0.2) is 48.5 Å². The molecular weight excluding hydrogens is 348 g/mol. The first-order valence-electron chi connectivity index (χ1n) is 8.27. The largest absolute Gasteiger partial charge is 0.416 e. The van der Waals surface area contributed by atoms with Crippen molar-refractivity contribution in [2.45, 2.75) is 31.6 Å². The van der Waals surface area contributed by atoms with Gasteiger partial charge in [-0.3, -0.25) is 9.69 Å². The summed E-state index contributed by atoms with van der Waals surface area (Å²) in [5, 5.41) is 2.62. The Hall–Kier alpha value is -2.41. The minimum atomic E-state index is -4.40. The van der Waals surface area contributed by atoms with E-state index in [4.69, 9.17) is 0 Å². The number of anilines is 1. The number of amides is 1. The van der Waals surface area contributed by atoms with Crippen LogP contribution in [0.3, 0.4) is 0 Å². The predicted molar refractivity (Wildman–Crippen MR) is 89.9 cm³/mol. The lowest BCUT2D eigenvalue weighted by atomic mass is 10.2. The van der Waals surface area contributed by atoms with Crippen molar-refractivity contribution in [3.63, 3.8) is 0 Å². The average Bonchev–Trinajstić information content (AvgIpc) is 3.41. The van der Waals surface area contributed by atoms with E-state index in [-0.39, 0.29) is 18.3 Å². The van der Waals surface area contributed by atoms with Crippen molar-refractivity contribution in [1.29, 1.82) is 0 Å². The molecule has 2 aromatic rings. The van der Waals surface area contributed by atoms with Crippen LogP contribution in [0.4, 0.5) is 23.2 Å². The number of hydrogen-bond donors (Lipinski definition) is 1. The Labute approximate surface area is 148 Å². The van der Waals surface area contributed by atoms with Gasteiger partial charge in [0.25, 0.3) is 0 Å². The van der Waals surface area contributed by atoms with E-state index in [0.717, 1.165) is 30.5 Å². The van der Waals surface area contributed by atoms with Crippen LogP contribution in [0.1, 0.15) is 24.0 Å². The minimum absolute atomic E-state index is 0.128. The molecule has 0 unspecified atom stereocenters. The van der Waals surface area contributed by atoms with E-state index in [1.807, 2.05) is 4.90 Å². The summed E-state index contributed by atoms with van der Waals surface area (Å²) in [5.74, 6) is -0.606. The van der Waals surface area contributed by atoms with Gasteiger partial charge in [-0.15, -0.1) is 0 Å². The van der Waals surface area contributed by atoms with E-state index in [1.165, 1.54) is 24.3 Å². The van der Waals surface area contributed by atoms with Crippen molar-refractivity contribution in [2.24, 2.45) is 0 Å². The first-order valence-corrected chi connectivity index (χ1v) is 8.27. The molecule has 0 heterocycles. The van der Waals surface area contributed by atoms with Crippen LogP contribution in [0.2, 0.25) is 0 Å². The lowest BCUT2D eigenvalue weighted by molar-refractivity contribution is -0.137. The second kappa shape index (κ2) is 7.45. The molecule has 0 bridgehead atoms. The molecular formula is C19H18F4N2O. The van der Waals surface area contributed by atoms with E-state index < -0.39 is 11.7 Å². The van der Waals surface area contributed by atoms with E-state index in [0.29, 0.717) is 18.3 Å². The van der Waals surface area contributed by atoms with Crippen LogP contribution >= 0.6 is 0 Å². The van der Waals surface area contributed by atoms with Crippen molar-refractivity contribution in [1.82, 2.24) is 4.90 Å². The topological polar surface area (TPSA) is 32.3 Å². The first kappa shape index (κ1) is 18.4. The molecule has 0 atom stereocenters. The molecule has 0 spiro atoms. The third-order valence-corrected chi connectivity index (χ3v) is 4.20. The van der Waals surface area contributed by atoms with Crippen LogP contribution < -0.4 is 5.32 Å². The summed E-state index contributed by atoms with van der Waals surface area (Å²) < 4.78 is 50.7. The summed E-state index contributed by atoms with van der Waals surface area (Å²) in [4.78, 5) is 14.2. The van der Waals surface area contributed by atoms with Gasteiger partial charge in [0.2, 0.25) is 5.91 Å². The molecule has 1 aliphatic rings. The fourth-order valence-electron chi connectivity index (χ4n) is 2.71. The van der Waals surface area contributed by atoms with Gasteiger partial charge >= 0.3 is 6.18 Å². The zero-order valence-electron chi connectivity index (χ0n) is 13.9. The molecule has 1 fully saturated rings. The van der Waals surface area contributed by atoms with Gasteiger partial charge in [-0.2, -0.15) is 13.2 Å². The quantitative estimate of drug-likeness (QED) is 0.767. The second-order valence-corrected chi connectivity index (χ2v) is 6.39. The molecule has 0 aliphatic heterocycles. The summed E-state index contributed by atoms with van der Waals surface area (Å²) in [5.41, 5.74) is 0.465. The van der Waals surface area contributed by atoms with Gasteiger partial charge in [0.05, 0.1) is 12.1 Å². The highest BCUT2D eigenvalue weighted by molar-refractivity contribution is 5.92. The summed E-state index contributed by atoms with van der Waals surface area (Å²) >= 11 is 0. The van der Waals surface area contributed by atoms with E-state index >= 15 is 0 Å². The number of nitrogens with one attached hydrogen (secondary N) is 1. The van der Waals surface area contributed by atoms with Crippen LogP contribution in [0, 0.1) is 5.82 Å². The highest BCUT2D eigenvalue weighted by Gasteiger charge is 2.31. The maximum atomic E-state index is 13.0. The van der Waals surface area contributed by atoms with Gasteiger partial charge < -0.3 is 5.32 Å². The van der Waals surface area contributed by atoms with Gasteiger partial charge in [0.1, 0.15) is 5.82 Å². The van der Waals surface area contributed by atoms with Crippen LogP contribution in [0.25, 0.3) is 0 Å². The number of carbonyl (C=O) groups is 1. The van der Waals surface area contributed by atoms with Gasteiger partial charge in [-0.05, 0) is 54.8 Å². The smallest absolute Gasteiger partial charge is 0.325 e. The molecule has 0 aromatic heterocycles. The molecule has 26 heavy (non-hydrogen) atoms. The first-order chi connectivity index (χ1) is 12.3. The van der Waals surface area contributed by atoms with Crippen LogP contribution in [0.5, 0.6) is 0 Å². The zero-order chi connectivity index (χ0) is 18.7. The molecule has 2 aromatic carbocycles. The standard InChI is InChI=1S/C19H18F4N2O/c20-15-5-1-13(2-6-15)11-25(17-9-10-17)12-18(26)24-16-7-3-14(4-8-16)19(21,22)23/h1-8,17H,9-12H2,(H,24,26). The van der Waals surface area contributed by atoms with E-state index in [2.05, 4.69) is 5.32 Å². The molecule has 7 heteroatoms. The summed E-state index contributed by atoms with van der Waals surface area (Å²) in [7, 11) is 0. The Balaban J connectivity index is 1.59. The van der Waals surface area contributed by atoms with Crippen molar-refractivity contribution >= 4 is 11.6 Å².